The molecule has 7 heteroatoms. The van der Waals surface area contributed by atoms with Crippen LogP contribution in [0.2, 0.25) is 0 Å². The first kappa shape index (κ1) is 15.2. The molecule has 0 spiro atoms. The first-order valence-electron chi connectivity index (χ1n) is 6.53. The van der Waals surface area contributed by atoms with Gasteiger partial charge in [-0.3, -0.25) is 0 Å². The van der Waals surface area contributed by atoms with Crippen molar-refractivity contribution in [2.24, 2.45) is 5.92 Å². The average Bonchev–Trinajstić information content (AvgIpc) is 2.42. The second-order valence-corrected chi connectivity index (χ2v) is 6.78. The molecule has 0 amide bonds. The Labute approximate surface area is 118 Å². The number of sulfonamides is 1. The molecule has 1 saturated heterocycles. The van der Waals surface area contributed by atoms with Gasteiger partial charge in [-0.15, -0.1) is 0 Å². The smallest absolute Gasteiger partial charge is 0.240 e. The molecule has 1 aromatic rings. The summed E-state index contributed by atoms with van der Waals surface area (Å²) in [6.07, 6.45) is 1.68. The van der Waals surface area contributed by atoms with E-state index >= 15 is 0 Å². The lowest BCUT2D eigenvalue weighted by Crippen LogP contribution is -2.32. The van der Waals surface area contributed by atoms with Crippen LogP contribution in [0.4, 0.5) is 10.1 Å². The minimum Gasteiger partial charge on any atom is -0.396 e. The summed E-state index contributed by atoms with van der Waals surface area (Å²) in [4.78, 5) is 0.0310. The van der Waals surface area contributed by atoms with Gasteiger partial charge in [0.1, 0.15) is 5.82 Å². The van der Waals surface area contributed by atoms with Crippen LogP contribution in [0.15, 0.2) is 17.0 Å². The van der Waals surface area contributed by atoms with Crippen LogP contribution < -0.4 is 10.5 Å². The van der Waals surface area contributed by atoms with Crippen molar-refractivity contribution in [2.45, 2.75) is 24.7 Å². The summed E-state index contributed by atoms with van der Waals surface area (Å²) in [5.41, 5.74) is 5.62. The molecule has 2 rings (SSSR count). The first-order valence-corrected chi connectivity index (χ1v) is 8.01. The van der Waals surface area contributed by atoms with E-state index in [0.717, 1.165) is 25.0 Å². The fourth-order valence-electron chi connectivity index (χ4n) is 2.21. The normalized spacial score (nSPS) is 17.3. The number of halogens is 1. The Morgan fingerprint density at radius 1 is 1.40 bits per heavy atom. The first-order chi connectivity index (χ1) is 9.40. The summed E-state index contributed by atoms with van der Waals surface area (Å²) in [6.45, 7) is 3.23. The number of hydrogen-bond donors (Lipinski definition) is 2. The summed E-state index contributed by atoms with van der Waals surface area (Å²) in [7, 11) is -3.67. The summed E-state index contributed by atoms with van der Waals surface area (Å²) in [6, 6.07) is 2.30. The third-order valence-electron chi connectivity index (χ3n) is 3.49. The van der Waals surface area contributed by atoms with Gasteiger partial charge in [0, 0.05) is 19.8 Å². The molecule has 0 aromatic heterocycles. The quantitative estimate of drug-likeness (QED) is 0.824. The van der Waals surface area contributed by atoms with Crippen LogP contribution in [0, 0.1) is 18.7 Å². The molecule has 20 heavy (non-hydrogen) atoms. The Morgan fingerprint density at radius 2 is 2.05 bits per heavy atom. The van der Waals surface area contributed by atoms with Gasteiger partial charge in [0.15, 0.2) is 0 Å². The molecular formula is C13H19FN2O3S. The van der Waals surface area contributed by atoms with E-state index in [0.29, 0.717) is 25.3 Å². The van der Waals surface area contributed by atoms with Crippen molar-refractivity contribution in [3.63, 3.8) is 0 Å². The number of nitrogens with one attached hydrogen (secondary N) is 1. The molecule has 1 aliphatic heterocycles. The molecule has 0 unspecified atom stereocenters. The van der Waals surface area contributed by atoms with Crippen LogP contribution in [0.25, 0.3) is 0 Å². The van der Waals surface area contributed by atoms with Gasteiger partial charge in [0.2, 0.25) is 10.0 Å². The molecule has 0 saturated carbocycles. The lowest BCUT2D eigenvalue weighted by molar-refractivity contribution is 0.0678. The zero-order valence-corrected chi connectivity index (χ0v) is 12.2. The fraction of sp³-hybridized carbons (Fsp3) is 0.538. The van der Waals surface area contributed by atoms with Gasteiger partial charge in [-0.25, -0.2) is 17.5 Å². The molecule has 0 bridgehead atoms. The van der Waals surface area contributed by atoms with Crippen LogP contribution in [-0.2, 0) is 14.8 Å². The zero-order chi connectivity index (χ0) is 14.8. The highest BCUT2D eigenvalue weighted by Crippen LogP contribution is 2.22. The second-order valence-electron chi connectivity index (χ2n) is 5.05. The van der Waals surface area contributed by atoms with Gasteiger partial charge < -0.3 is 10.5 Å². The molecule has 1 aromatic carbocycles. The van der Waals surface area contributed by atoms with Crippen molar-refractivity contribution in [1.29, 1.82) is 0 Å². The third-order valence-corrected chi connectivity index (χ3v) is 5.05. The highest BCUT2D eigenvalue weighted by Gasteiger charge is 2.21. The Hall–Kier alpha value is -1.18. The summed E-state index contributed by atoms with van der Waals surface area (Å²) in [5, 5.41) is 0. The van der Waals surface area contributed by atoms with Gasteiger partial charge in [0.25, 0.3) is 0 Å². The van der Waals surface area contributed by atoms with Crippen LogP contribution in [0.1, 0.15) is 18.4 Å². The van der Waals surface area contributed by atoms with Crippen molar-refractivity contribution in [2.75, 3.05) is 25.5 Å². The molecule has 3 N–H and O–H groups in total. The van der Waals surface area contributed by atoms with Gasteiger partial charge >= 0.3 is 0 Å². The summed E-state index contributed by atoms with van der Waals surface area (Å²) in [5.74, 6) is -0.331. The molecule has 0 atom stereocenters. The van der Waals surface area contributed by atoms with E-state index in [1.807, 2.05) is 0 Å². The lowest BCUT2D eigenvalue weighted by atomic mass is 10.0. The molecule has 112 valence electrons. The molecule has 1 aliphatic rings. The van der Waals surface area contributed by atoms with Gasteiger partial charge in [0.05, 0.1) is 10.6 Å². The van der Waals surface area contributed by atoms with E-state index in [-0.39, 0.29) is 16.5 Å². The molecule has 1 fully saturated rings. The topological polar surface area (TPSA) is 81.4 Å². The maximum absolute atomic E-state index is 13.3. The van der Waals surface area contributed by atoms with Crippen LogP contribution >= 0.6 is 0 Å². The number of aryl methyl sites for hydroxylation is 1. The summed E-state index contributed by atoms with van der Waals surface area (Å²) >= 11 is 0. The van der Waals surface area contributed by atoms with Crippen LogP contribution in [-0.4, -0.2) is 28.2 Å². The van der Waals surface area contributed by atoms with Crippen LogP contribution in [0.5, 0.6) is 0 Å². The summed E-state index contributed by atoms with van der Waals surface area (Å²) < 4.78 is 45.5. The third kappa shape index (κ3) is 3.47. The van der Waals surface area contributed by atoms with E-state index in [1.54, 1.807) is 6.92 Å². The van der Waals surface area contributed by atoms with E-state index in [4.69, 9.17) is 10.5 Å². The number of rotatable bonds is 4. The SMILES string of the molecule is Cc1cc(F)c(N)cc1S(=O)(=O)NCC1CCOCC1. The number of nitrogen functional groups attached to an aromatic ring is 1. The monoisotopic (exact) mass is 302 g/mol. The average molecular weight is 302 g/mol. The van der Waals surface area contributed by atoms with Crippen molar-refractivity contribution in [3.05, 3.63) is 23.5 Å². The van der Waals surface area contributed by atoms with Crippen molar-refractivity contribution in [3.8, 4) is 0 Å². The Bertz CT molecular complexity index is 584. The Morgan fingerprint density at radius 3 is 2.70 bits per heavy atom. The van der Waals surface area contributed by atoms with Crippen LogP contribution in [0.3, 0.4) is 0 Å². The predicted molar refractivity (Wildman–Crippen MR) is 74.3 cm³/mol. The van der Waals surface area contributed by atoms with E-state index in [2.05, 4.69) is 4.72 Å². The number of nitrogens with two attached hydrogens (primary N) is 1. The van der Waals surface area contributed by atoms with E-state index < -0.39 is 15.8 Å². The largest absolute Gasteiger partial charge is 0.396 e. The maximum Gasteiger partial charge on any atom is 0.240 e. The van der Waals surface area contributed by atoms with Gasteiger partial charge in [-0.1, -0.05) is 0 Å². The molecule has 0 aliphatic carbocycles. The number of ether oxygens (including phenoxy) is 1. The Balaban J connectivity index is 2.11. The Kier molecular flexibility index (Phi) is 4.62. The lowest BCUT2D eigenvalue weighted by Gasteiger charge is -2.22. The molecule has 5 nitrogen and oxygen atoms in total. The number of anilines is 1. The van der Waals surface area contributed by atoms with E-state index in [1.165, 1.54) is 0 Å². The zero-order valence-electron chi connectivity index (χ0n) is 11.4. The van der Waals surface area contributed by atoms with Gasteiger partial charge in [-0.2, -0.15) is 0 Å². The van der Waals surface area contributed by atoms with E-state index in [9.17, 15) is 12.8 Å². The highest BCUT2D eigenvalue weighted by atomic mass is 32.2. The molecule has 1 heterocycles. The standard InChI is InChI=1S/C13H19FN2O3S/c1-9-6-11(14)12(15)7-13(9)20(17,18)16-8-10-2-4-19-5-3-10/h6-7,10,16H,2-5,8,15H2,1H3. The number of hydrogen-bond acceptors (Lipinski definition) is 4. The highest BCUT2D eigenvalue weighted by molar-refractivity contribution is 7.89. The maximum atomic E-state index is 13.3. The van der Waals surface area contributed by atoms with Crippen molar-refractivity contribution in [1.82, 2.24) is 4.72 Å². The fourth-order valence-corrected chi connectivity index (χ4v) is 3.59. The second kappa shape index (κ2) is 6.07. The molecule has 0 radical (unpaired) electrons. The predicted octanol–water partition coefficient (Wildman–Crippen LogP) is 1.42. The minimum absolute atomic E-state index is 0.0310. The van der Waals surface area contributed by atoms with Gasteiger partial charge in [-0.05, 0) is 43.4 Å². The molecular weight excluding hydrogens is 283 g/mol. The van der Waals surface area contributed by atoms with Crippen molar-refractivity contribution >= 4 is 15.7 Å². The van der Waals surface area contributed by atoms with Crippen molar-refractivity contribution < 1.29 is 17.5 Å². The number of benzene rings is 1. The minimum atomic E-state index is -3.67.